The number of piperazine rings is 1. The Hall–Kier alpha value is -2.34. The summed E-state index contributed by atoms with van der Waals surface area (Å²) in [4.78, 5) is 17.5. The van der Waals surface area contributed by atoms with Gasteiger partial charge in [0, 0.05) is 57.2 Å². The lowest BCUT2D eigenvalue weighted by Gasteiger charge is -2.36. The molecule has 1 aliphatic rings. The second-order valence-electron chi connectivity index (χ2n) is 5.88. The van der Waals surface area contributed by atoms with E-state index in [9.17, 15) is 0 Å². The fourth-order valence-corrected chi connectivity index (χ4v) is 3.13. The number of hydrogen-bond donors (Lipinski definition) is 1. The molecule has 25 heavy (non-hydrogen) atoms. The number of nitrogens with zero attached hydrogens (tertiary/aromatic N) is 5. The van der Waals surface area contributed by atoms with Crippen molar-refractivity contribution in [2.24, 2.45) is 4.99 Å². The van der Waals surface area contributed by atoms with Crippen molar-refractivity contribution in [1.29, 1.82) is 0 Å². The highest BCUT2D eigenvalue weighted by molar-refractivity contribution is 6.30. The molecule has 1 fully saturated rings. The second kappa shape index (κ2) is 8.67. The number of nitrogens with one attached hydrogen (secondary N) is 1. The van der Waals surface area contributed by atoms with Gasteiger partial charge in [0.2, 0.25) is 5.95 Å². The molecule has 2 aromatic rings. The molecule has 1 aliphatic heterocycles. The maximum atomic E-state index is 6.03. The van der Waals surface area contributed by atoms with Crippen molar-refractivity contribution in [3.05, 3.63) is 53.3 Å². The zero-order valence-electron chi connectivity index (χ0n) is 14.4. The number of aliphatic imine (C=N–C) groups is 1. The predicted molar refractivity (Wildman–Crippen MR) is 102 cm³/mol. The zero-order chi connectivity index (χ0) is 17.5. The largest absolute Gasteiger partial charge is 0.356 e. The first kappa shape index (κ1) is 17.5. The Bertz CT molecular complexity index is 698. The third kappa shape index (κ3) is 4.82. The average molecular weight is 359 g/mol. The van der Waals surface area contributed by atoms with Crippen LogP contribution < -0.4 is 10.2 Å². The van der Waals surface area contributed by atoms with Gasteiger partial charge >= 0.3 is 0 Å². The molecule has 0 unspecified atom stereocenters. The van der Waals surface area contributed by atoms with E-state index in [1.54, 1.807) is 12.4 Å². The molecular weight excluding hydrogens is 336 g/mol. The van der Waals surface area contributed by atoms with Gasteiger partial charge in [-0.15, -0.1) is 0 Å². The summed E-state index contributed by atoms with van der Waals surface area (Å²) >= 11 is 6.03. The highest BCUT2D eigenvalue weighted by atomic mass is 35.5. The molecular formula is C18H23ClN6. The molecule has 7 heteroatoms. The van der Waals surface area contributed by atoms with Crippen LogP contribution in [0.2, 0.25) is 5.02 Å². The topological polar surface area (TPSA) is 56.7 Å². The minimum absolute atomic E-state index is 0.779. The number of rotatable bonds is 4. The molecule has 0 aliphatic carbocycles. The summed E-state index contributed by atoms with van der Waals surface area (Å²) < 4.78 is 0. The van der Waals surface area contributed by atoms with Crippen molar-refractivity contribution >= 4 is 23.5 Å². The molecule has 1 saturated heterocycles. The second-order valence-corrected chi connectivity index (χ2v) is 6.31. The Morgan fingerprint density at radius 3 is 2.60 bits per heavy atom. The van der Waals surface area contributed by atoms with Crippen molar-refractivity contribution in [3.63, 3.8) is 0 Å². The summed E-state index contributed by atoms with van der Waals surface area (Å²) in [5.41, 5.74) is 1.22. The maximum absolute atomic E-state index is 6.03. The molecule has 1 N–H and O–H groups in total. The van der Waals surface area contributed by atoms with Crippen LogP contribution >= 0.6 is 11.6 Å². The Balaban J connectivity index is 1.48. The standard InChI is InChI=1S/C18H23ClN6/c1-20-17(23-9-6-15-4-2-5-16(19)14-15)24-10-12-25(13-11-24)18-21-7-3-8-22-18/h2-5,7-8,14H,6,9-13H2,1H3,(H,20,23). The van der Waals surface area contributed by atoms with Crippen LogP contribution in [0.25, 0.3) is 0 Å². The van der Waals surface area contributed by atoms with E-state index in [4.69, 9.17) is 11.6 Å². The normalized spacial score (nSPS) is 15.4. The van der Waals surface area contributed by atoms with Gasteiger partial charge in [0.05, 0.1) is 0 Å². The van der Waals surface area contributed by atoms with Gasteiger partial charge in [0.15, 0.2) is 5.96 Å². The molecule has 0 atom stereocenters. The number of guanidine groups is 1. The summed E-state index contributed by atoms with van der Waals surface area (Å²) in [6, 6.07) is 9.82. The summed E-state index contributed by atoms with van der Waals surface area (Å²) in [6.45, 7) is 4.40. The SMILES string of the molecule is CN=C(NCCc1cccc(Cl)c1)N1CCN(c2ncccn2)CC1. The van der Waals surface area contributed by atoms with Crippen LogP contribution in [0.15, 0.2) is 47.7 Å². The van der Waals surface area contributed by atoms with Crippen LogP contribution in [-0.2, 0) is 6.42 Å². The molecule has 0 amide bonds. The van der Waals surface area contributed by atoms with E-state index in [1.165, 1.54) is 5.56 Å². The van der Waals surface area contributed by atoms with Gasteiger partial charge in [-0.05, 0) is 30.2 Å². The lowest BCUT2D eigenvalue weighted by atomic mass is 10.1. The van der Waals surface area contributed by atoms with Crippen molar-refractivity contribution < 1.29 is 0 Å². The summed E-state index contributed by atoms with van der Waals surface area (Å²) in [7, 11) is 1.83. The molecule has 0 radical (unpaired) electrons. The van der Waals surface area contributed by atoms with E-state index in [-0.39, 0.29) is 0 Å². The minimum Gasteiger partial charge on any atom is -0.356 e. The molecule has 3 rings (SSSR count). The Labute approximate surface area is 153 Å². The number of benzene rings is 1. The van der Waals surface area contributed by atoms with E-state index in [1.807, 2.05) is 31.3 Å². The Kier molecular flexibility index (Phi) is 6.06. The van der Waals surface area contributed by atoms with E-state index in [0.717, 1.165) is 56.1 Å². The van der Waals surface area contributed by atoms with Crippen LogP contribution in [0.5, 0.6) is 0 Å². The first-order valence-electron chi connectivity index (χ1n) is 8.48. The van der Waals surface area contributed by atoms with Crippen LogP contribution in [0.1, 0.15) is 5.56 Å². The van der Waals surface area contributed by atoms with E-state index in [2.05, 4.69) is 36.1 Å². The van der Waals surface area contributed by atoms with E-state index in [0.29, 0.717) is 0 Å². The number of aromatic nitrogens is 2. The van der Waals surface area contributed by atoms with Crippen LogP contribution in [0.3, 0.4) is 0 Å². The molecule has 132 valence electrons. The monoisotopic (exact) mass is 358 g/mol. The number of halogens is 1. The molecule has 0 spiro atoms. The van der Waals surface area contributed by atoms with Crippen LogP contribution in [0, 0.1) is 0 Å². The maximum Gasteiger partial charge on any atom is 0.225 e. The van der Waals surface area contributed by atoms with Gasteiger partial charge in [-0.3, -0.25) is 4.99 Å². The van der Waals surface area contributed by atoms with Crippen molar-refractivity contribution in [2.45, 2.75) is 6.42 Å². The van der Waals surface area contributed by atoms with Gasteiger partial charge in [0.1, 0.15) is 0 Å². The summed E-state index contributed by atoms with van der Waals surface area (Å²) in [6.07, 6.45) is 4.48. The minimum atomic E-state index is 0.779. The quantitative estimate of drug-likeness (QED) is 0.669. The Morgan fingerprint density at radius 1 is 1.16 bits per heavy atom. The fraction of sp³-hybridized carbons (Fsp3) is 0.389. The van der Waals surface area contributed by atoms with Gasteiger partial charge in [-0.1, -0.05) is 23.7 Å². The molecule has 1 aromatic heterocycles. The summed E-state index contributed by atoms with van der Waals surface area (Å²) in [5.74, 6) is 1.74. The average Bonchev–Trinajstić information content (AvgIpc) is 2.66. The van der Waals surface area contributed by atoms with E-state index < -0.39 is 0 Å². The lowest BCUT2D eigenvalue weighted by molar-refractivity contribution is 0.370. The molecule has 1 aromatic carbocycles. The predicted octanol–water partition coefficient (Wildman–Crippen LogP) is 2.07. The van der Waals surface area contributed by atoms with Crippen LogP contribution in [0.4, 0.5) is 5.95 Å². The van der Waals surface area contributed by atoms with Gasteiger partial charge < -0.3 is 15.1 Å². The van der Waals surface area contributed by atoms with E-state index >= 15 is 0 Å². The number of hydrogen-bond acceptors (Lipinski definition) is 4. The highest BCUT2D eigenvalue weighted by Gasteiger charge is 2.20. The zero-order valence-corrected chi connectivity index (χ0v) is 15.2. The third-order valence-corrected chi connectivity index (χ3v) is 4.45. The molecule has 6 nitrogen and oxygen atoms in total. The van der Waals surface area contributed by atoms with Gasteiger partial charge in [-0.25, -0.2) is 9.97 Å². The third-order valence-electron chi connectivity index (χ3n) is 4.21. The summed E-state index contributed by atoms with van der Waals surface area (Å²) in [5, 5.41) is 4.22. The van der Waals surface area contributed by atoms with Crippen LogP contribution in [-0.4, -0.2) is 60.6 Å². The molecule has 0 bridgehead atoms. The Morgan fingerprint density at radius 2 is 1.92 bits per heavy atom. The number of anilines is 1. The lowest BCUT2D eigenvalue weighted by Crippen LogP contribution is -2.53. The smallest absolute Gasteiger partial charge is 0.225 e. The fourth-order valence-electron chi connectivity index (χ4n) is 2.92. The van der Waals surface area contributed by atoms with Gasteiger partial charge in [-0.2, -0.15) is 0 Å². The van der Waals surface area contributed by atoms with Gasteiger partial charge in [0.25, 0.3) is 0 Å². The van der Waals surface area contributed by atoms with Crippen molar-refractivity contribution in [1.82, 2.24) is 20.2 Å². The van der Waals surface area contributed by atoms with Crippen molar-refractivity contribution in [2.75, 3.05) is 44.7 Å². The molecule has 2 heterocycles. The first-order valence-corrected chi connectivity index (χ1v) is 8.86. The van der Waals surface area contributed by atoms with Crippen molar-refractivity contribution in [3.8, 4) is 0 Å². The highest BCUT2D eigenvalue weighted by Crippen LogP contribution is 2.11. The molecule has 0 saturated carbocycles. The first-order chi connectivity index (χ1) is 12.3.